The number of nitrogens with zero attached hydrogens (tertiary/aromatic N) is 3. The summed E-state index contributed by atoms with van der Waals surface area (Å²) >= 11 is 11.3. The zero-order valence-electron chi connectivity index (χ0n) is 7.10. The van der Waals surface area contributed by atoms with Crippen molar-refractivity contribution >= 4 is 29.0 Å². The molecule has 60 valence electrons. The van der Waals surface area contributed by atoms with Crippen LogP contribution in [0.2, 0.25) is 10.3 Å². The first kappa shape index (κ1) is 7.13. The first-order chi connectivity index (χ1) is 5.52. The molecule has 0 saturated heterocycles. The van der Waals surface area contributed by atoms with E-state index in [1.165, 1.54) is 0 Å². The predicted molar refractivity (Wildman–Crippen MR) is 46.4 cm³/mol. The van der Waals surface area contributed by atoms with Crippen molar-refractivity contribution in [2.45, 2.75) is 0 Å². The van der Waals surface area contributed by atoms with Crippen molar-refractivity contribution in [1.29, 1.82) is 0 Å². The molecule has 5 heteroatoms. The summed E-state index contributed by atoms with van der Waals surface area (Å²) in [6, 6.07) is 0. The number of aromatic nitrogens is 2. The lowest BCUT2D eigenvalue weighted by Gasteiger charge is -2.11. The summed E-state index contributed by atoms with van der Waals surface area (Å²) < 4.78 is 7.30. The highest BCUT2D eigenvalue weighted by Crippen LogP contribution is 2.21. The normalized spacial score (nSPS) is 11.1. The van der Waals surface area contributed by atoms with Gasteiger partial charge in [-0.15, -0.1) is 0 Å². The molecule has 1 aromatic rings. The Hall–Kier alpha value is -0.540. The van der Waals surface area contributed by atoms with E-state index in [4.69, 9.17) is 24.6 Å². The third-order valence-electron chi connectivity index (χ3n) is 1.06. The Bertz CT molecular complexity index is 303. The molecule has 0 fully saturated rings. The van der Waals surface area contributed by atoms with Crippen LogP contribution in [-0.4, -0.2) is 24.1 Å². The number of hydrogen-bond acceptors (Lipinski definition) is 3. The smallest absolute Gasteiger partial charge is 0.224 e. The Kier molecular flexibility index (Phi) is 2.10. The molecule has 1 rings (SSSR count). The van der Waals surface area contributed by atoms with Gasteiger partial charge in [-0.1, -0.05) is 11.6 Å². The molecule has 1 aromatic heterocycles. The number of halogens is 2. The summed E-state index contributed by atoms with van der Waals surface area (Å²) in [6.07, 6.45) is -0.0552. The van der Waals surface area contributed by atoms with Gasteiger partial charge in [-0.05, 0) is 11.6 Å². The first-order valence-electron chi connectivity index (χ1n) is 3.39. The average molecular weight is 193 g/mol. The highest BCUT2D eigenvalue weighted by molar-refractivity contribution is 6.33. The first-order valence-corrected chi connectivity index (χ1v) is 3.65. The molecular formula is C6H7Cl2N3. The molecule has 11 heavy (non-hydrogen) atoms. The van der Waals surface area contributed by atoms with Gasteiger partial charge >= 0.3 is 0 Å². The van der Waals surface area contributed by atoms with Gasteiger partial charge in [0.05, 0.1) is 7.54 Å². The van der Waals surface area contributed by atoms with Crippen LogP contribution in [0, 0.1) is 0 Å². The van der Waals surface area contributed by atoms with Gasteiger partial charge in [0.1, 0.15) is 5.02 Å². The van der Waals surface area contributed by atoms with E-state index in [9.17, 15) is 0 Å². The molecule has 0 saturated carbocycles. The standard InChI is InChI=1S/C6H7Cl2N3/c1-11(2)5-4(7)3-9-6(8)10-5/h3H,1-2H3/i3D. The van der Waals surface area contributed by atoms with Gasteiger partial charge in [0.2, 0.25) is 5.28 Å². The third kappa shape index (κ3) is 1.94. The minimum atomic E-state index is -0.0552. The van der Waals surface area contributed by atoms with Crippen LogP contribution in [-0.2, 0) is 0 Å². The van der Waals surface area contributed by atoms with Gasteiger partial charge < -0.3 is 4.90 Å². The zero-order valence-corrected chi connectivity index (χ0v) is 7.61. The van der Waals surface area contributed by atoms with E-state index >= 15 is 0 Å². The summed E-state index contributed by atoms with van der Waals surface area (Å²) in [5.74, 6) is 0.460. The molecule has 0 spiro atoms. The van der Waals surface area contributed by atoms with Crippen LogP contribution in [0.4, 0.5) is 5.82 Å². The lowest BCUT2D eigenvalue weighted by molar-refractivity contribution is 1.04. The quantitative estimate of drug-likeness (QED) is 0.637. The van der Waals surface area contributed by atoms with E-state index in [1.807, 2.05) is 0 Å². The SMILES string of the molecule is [2H]c1nc(Cl)nc(N(C)C)c1Cl. The fraction of sp³-hybridized carbons (Fsp3) is 0.333. The summed E-state index contributed by atoms with van der Waals surface area (Å²) in [7, 11) is 3.54. The lowest BCUT2D eigenvalue weighted by atomic mass is 10.5. The topological polar surface area (TPSA) is 29.0 Å². The van der Waals surface area contributed by atoms with Crippen LogP contribution < -0.4 is 4.90 Å². The minimum Gasteiger partial charge on any atom is -0.361 e. The van der Waals surface area contributed by atoms with Crippen LogP contribution in [0.1, 0.15) is 1.37 Å². The summed E-state index contributed by atoms with van der Waals surface area (Å²) in [4.78, 5) is 9.11. The Morgan fingerprint density at radius 2 is 2.18 bits per heavy atom. The van der Waals surface area contributed by atoms with Gasteiger partial charge in [0, 0.05) is 14.1 Å². The van der Waals surface area contributed by atoms with Crippen molar-refractivity contribution in [1.82, 2.24) is 9.97 Å². The van der Waals surface area contributed by atoms with Gasteiger partial charge in [-0.3, -0.25) is 0 Å². The van der Waals surface area contributed by atoms with Crippen molar-refractivity contribution < 1.29 is 1.37 Å². The predicted octanol–water partition coefficient (Wildman–Crippen LogP) is 1.85. The van der Waals surface area contributed by atoms with Crippen molar-refractivity contribution in [3.63, 3.8) is 0 Å². The summed E-state index contributed by atoms with van der Waals surface area (Å²) in [5.41, 5.74) is 0. The van der Waals surface area contributed by atoms with E-state index < -0.39 is 0 Å². The number of hydrogen-bond donors (Lipinski definition) is 0. The van der Waals surface area contributed by atoms with Gasteiger partial charge in [0.25, 0.3) is 0 Å². The van der Waals surface area contributed by atoms with Gasteiger partial charge in [-0.25, -0.2) is 4.98 Å². The zero-order chi connectivity index (χ0) is 9.30. The maximum absolute atomic E-state index is 7.30. The molecule has 0 aromatic carbocycles. The van der Waals surface area contributed by atoms with E-state index in [2.05, 4.69) is 9.97 Å². The second-order valence-corrected chi connectivity index (χ2v) is 2.85. The molecule has 0 bridgehead atoms. The number of rotatable bonds is 1. The highest BCUT2D eigenvalue weighted by Gasteiger charge is 2.04. The fourth-order valence-corrected chi connectivity index (χ4v) is 0.979. The van der Waals surface area contributed by atoms with Gasteiger partial charge in [0.15, 0.2) is 5.82 Å². The maximum atomic E-state index is 7.30. The molecule has 0 radical (unpaired) electrons. The van der Waals surface area contributed by atoms with Crippen molar-refractivity contribution in [3.8, 4) is 0 Å². The monoisotopic (exact) mass is 192 g/mol. The highest BCUT2D eigenvalue weighted by atomic mass is 35.5. The second kappa shape index (κ2) is 3.24. The Balaban J connectivity index is 3.28. The molecule has 0 aliphatic rings. The number of anilines is 1. The van der Waals surface area contributed by atoms with E-state index in [0.717, 1.165) is 0 Å². The Labute approximate surface area is 76.4 Å². The van der Waals surface area contributed by atoms with Crippen LogP contribution in [0.25, 0.3) is 0 Å². The molecule has 0 aliphatic carbocycles. The van der Waals surface area contributed by atoms with Crippen molar-refractivity contribution in [2.75, 3.05) is 19.0 Å². The molecule has 1 heterocycles. The molecule has 0 atom stereocenters. The van der Waals surface area contributed by atoms with Crippen molar-refractivity contribution in [2.24, 2.45) is 0 Å². The molecule has 0 amide bonds. The van der Waals surface area contributed by atoms with Crippen LogP contribution >= 0.6 is 23.2 Å². The van der Waals surface area contributed by atoms with Crippen LogP contribution in [0.15, 0.2) is 6.17 Å². The van der Waals surface area contributed by atoms with Gasteiger partial charge in [-0.2, -0.15) is 4.98 Å². The average Bonchev–Trinajstić information content (AvgIpc) is 1.96. The van der Waals surface area contributed by atoms with Crippen molar-refractivity contribution in [3.05, 3.63) is 16.5 Å². The second-order valence-electron chi connectivity index (χ2n) is 2.14. The molecule has 0 unspecified atom stereocenters. The molecule has 0 N–H and O–H groups in total. The van der Waals surface area contributed by atoms with Crippen LogP contribution in [0.3, 0.4) is 0 Å². The van der Waals surface area contributed by atoms with E-state index in [1.54, 1.807) is 19.0 Å². The maximum Gasteiger partial charge on any atom is 0.224 e. The molecule has 3 nitrogen and oxygen atoms in total. The van der Waals surface area contributed by atoms with E-state index in [-0.39, 0.29) is 16.5 Å². The third-order valence-corrected chi connectivity index (χ3v) is 1.49. The summed E-state index contributed by atoms with van der Waals surface area (Å²) in [6.45, 7) is 0. The Morgan fingerprint density at radius 3 is 2.73 bits per heavy atom. The largest absolute Gasteiger partial charge is 0.361 e. The lowest BCUT2D eigenvalue weighted by Crippen LogP contribution is -2.11. The van der Waals surface area contributed by atoms with Crippen LogP contribution in [0.5, 0.6) is 0 Å². The fourth-order valence-electron chi connectivity index (χ4n) is 0.603. The Morgan fingerprint density at radius 1 is 1.55 bits per heavy atom. The molecular weight excluding hydrogens is 185 g/mol. The van der Waals surface area contributed by atoms with E-state index in [0.29, 0.717) is 5.82 Å². The summed E-state index contributed by atoms with van der Waals surface area (Å²) in [5, 5.41) is 0.248. The molecule has 0 aliphatic heterocycles. The minimum absolute atomic E-state index is 0.0353.